The van der Waals surface area contributed by atoms with Crippen molar-refractivity contribution >= 4 is 44.5 Å². The normalized spacial score (nSPS) is 20.6. The lowest BCUT2D eigenvalue weighted by Crippen LogP contribution is -2.40. The van der Waals surface area contributed by atoms with Crippen LogP contribution >= 0.6 is 22.9 Å². The second kappa shape index (κ2) is 7.06. The maximum Gasteiger partial charge on any atom is 0.266 e. The van der Waals surface area contributed by atoms with Crippen LogP contribution in [0.5, 0.6) is 0 Å². The van der Waals surface area contributed by atoms with Crippen LogP contribution in [0.25, 0.3) is 0 Å². The minimum absolute atomic E-state index is 0.146. The van der Waals surface area contributed by atoms with Gasteiger partial charge in [0.1, 0.15) is 10.7 Å². The molecule has 1 saturated heterocycles. The molecule has 0 aliphatic carbocycles. The average molecular weight is 405 g/mol. The first-order chi connectivity index (χ1) is 11.8. The van der Waals surface area contributed by atoms with Crippen LogP contribution in [0.4, 0.5) is 15.9 Å². The highest BCUT2D eigenvalue weighted by atomic mass is 35.5. The molecule has 136 valence electrons. The number of halogens is 2. The van der Waals surface area contributed by atoms with Crippen molar-refractivity contribution in [2.24, 2.45) is 0 Å². The first-order valence-corrected chi connectivity index (χ1v) is 10.5. The van der Waals surface area contributed by atoms with E-state index in [0.29, 0.717) is 5.69 Å². The fraction of sp³-hybridized carbons (Fsp3) is 0.400. The molecule has 2 heterocycles. The number of rotatable bonds is 5. The van der Waals surface area contributed by atoms with Crippen LogP contribution in [0.2, 0.25) is 5.02 Å². The molecule has 2 atom stereocenters. The molecule has 0 bridgehead atoms. The van der Waals surface area contributed by atoms with Crippen LogP contribution < -0.4 is 14.9 Å². The molecule has 1 aromatic carbocycles. The Kier molecular flexibility index (Phi) is 5.19. The predicted molar refractivity (Wildman–Crippen MR) is 98.6 cm³/mol. The van der Waals surface area contributed by atoms with Gasteiger partial charge in [-0.1, -0.05) is 11.6 Å². The van der Waals surface area contributed by atoms with Crippen LogP contribution in [-0.4, -0.2) is 39.1 Å². The topological polar surface area (TPSA) is 74.3 Å². The Balaban J connectivity index is 1.92. The summed E-state index contributed by atoms with van der Waals surface area (Å²) >= 11 is 7.51. The van der Waals surface area contributed by atoms with Crippen molar-refractivity contribution in [2.45, 2.75) is 30.3 Å². The van der Waals surface area contributed by atoms with Gasteiger partial charge in [0, 0.05) is 30.6 Å². The number of benzene rings is 1. The van der Waals surface area contributed by atoms with Crippen molar-refractivity contribution in [1.82, 2.24) is 10.3 Å². The summed E-state index contributed by atoms with van der Waals surface area (Å²) in [6.45, 7) is 2.93. The van der Waals surface area contributed by atoms with Gasteiger partial charge in [-0.05, 0) is 26.0 Å². The van der Waals surface area contributed by atoms with Crippen molar-refractivity contribution in [1.29, 1.82) is 0 Å². The molecule has 25 heavy (non-hydrogen) atoms. The summed E-state index contributed by atoms with van der Waals surface area (Å²) in [6, 6.07) is 2.71. The van der Waals surface area contributed by atoms with E-state index in [1.807, 2.05) is 11.9 Å². The Hall–Kier alpha value is -1.42. The number of nitrogens with zero attached hydrogens (tertiary/aromatic N) is 2. The third-order valence-electron chi connectivity index (χ3n) is 4.32. The van der Waals surface area contributed by atoms with Gasteiger partial charge in [-0.25, -0.2) is 17.8 Å². The molecule has 1 aromatic heterocycles. The Bertz CT molecular complexity index is 861. The summed E-state index contributed by atoms with van der Waals surface area (Å²) in [6.07, 6.45) is 0.904. The number of thiazole rings is 1. The molecule has 1 aliphatic rings. The SMILES string of the molecule is CC1NCC[C@H]1N(C)c1cc(F)c(S(=O)(=O)Nc2cscn2)cc1Cl. The van der Waals surface area contributed by atoms with Crippen LogP contribution in [0, 0.1) is 5.82 Å². The smallest absolute Gasteiger partial charge is 0.266 e. The minimum Gasteiger partial charge on any atom is -0.369 e. The predicted octanol–water partition coefficient (Wildman–Crippen LogP) is 2.92. The highest BCUT2D eigenvalue weighted by Crippen LogP contribution is 2.33. The Morgan fingerprint density at radius 3 is 2.84 bits per heavy atom. The van der Waals surface area contributed by atoms with E-state index in [2.05, 4.69) is 21.9 Å². The molecule has 0 radical (unpaired) electrons. The van der Waals surface area contributed by atoms with Gasteiger partial charge in [-0.3, -0.25) is 4.72 Å². The maximum absolute atomic E-state index is 14.6. The molecule has 0 saturated carbocycles. The number of nitrogens with one attached hydrogen (secondary N) is 2. The Morgan fingerprint density at radius 2 is 2.24 bits per heavy atom. The maximum atomic E-state index is 14.6. The first-order valence-electron chi connectivity index (χ1n) is 7.66. The van der Waals surface area contributed by atoms with Crippen molar-refractivity contribution in [3.8, 4) is 0 Å². The quantitative estimate of drug-likeness (QED) is 0.801. The third kappa shape index (κ3) is 3.74. The summed E-state index contributed by atoms with van der Waals surface area (Å²) in [5.74, 6) is -0.708. The molecule has 2 N–H and O–H groups in total. The van der Waals surface area contributed by atoms with Crippen molar-refractivity contribution < 1.29 is 12.8 Å². The number of aromatic nitrogens is 1. The summed E-state index contributed by atoms with van der Waals surface area (Å²) < 4.78 is 41.6. The second-order valence-corrected chi connectivity index (χ2v) is 8.70. The number of likely N-dealkylation sites (N-methyl/N-ethyl adjacent to an activating group) is 1. The molecular weight excluding hydrogens is 387 g/mol. The van der Waals surface area contributed by atoms with Gasteiger partial charge >= 0.3 is 0 Å². The van der Waals surface area contributed by atoms with Gasteiger partial charge in [0.15, 0.2) is 5.82 Å². The fourth-order valence-electron chi connectivity index (χ4n) is 3.00. The van der Waals surface area contributed by atoms with Crippen LogP contribution in [0.1, 0.15) is 13.3 Å². The Morgan fingerprint density at radius 1 is 1.48 bits per heavy atom. The number of hydrogen-bond donors (Lipinski definition) is 2. The molecule has 3 rings (SSSR count). The van der Waals surface area contributed by atoms with Crippen LogP contribution in [-0.2, 0) is 10.0 Å². The lowest BCUT2D eigenvalue weighted by Gasteiger charge is -2.30. The first kappa shape index (κ1) is 18.4. The largest absolute Gasteiger partial charge is 0.369 e. The summed E-state index contributed by atoms with van der Waals surface area (Å²) in [5, 5.41) is 5.03. The Labute approximate surface area is 155 Å². The zero-order chi connectivity index (χ0) is 18.2. The van der Waals surface area contributed by atoms with Crippen molar-refractivity contribution in [3.63, 3.8) is 0 Å². The van der Waals surface area contributed by atoms with E-state index in [4.69, 9.17) is 11.6 Å². The number of anilines is 2. The molecule has 0 amide bonds. The monoisotopic (exact) mass is 404 g/mol. The molecule has 0 spiro atoms. The van der Waals surface area contributed by atoms with Gasteiger partial charge in [-0.15, -0.1) is 11.3 Å². The van der Waals surface area contributed by atoms with Crippen LogP contribution in [0.15, 0.2) is 27.9 Å². The summed E-state index contributed by atoms with van der Waals surface area (Å²) in [4.78, 5) is 5.23. The van der Waals surface area contributed by atoms with E-state index in [1.165, 1.54) is 28.3 Å². The van der Waals surface area contributed by atoms with Crippen molar-refractivity contribution in [2.75, 3.05) is 23.2 Å². The standard InChI is InChI=1S/C15H18ClFN4O2S2/c1-9-12(3-4-18-9)21(2)13-6-11(17)14(5-10(13)16)25(22,23)20-15-7-24-8-19-15/h5-9,12,18,20H,3-4H2,1-2H3/t9?,12-/m1/s1. The van der Waals surface area contributed by atoms with Gasteiger partial charge in [0.2, 0.25) is 0 Å². The minimum atomic E-state index is -4.10. The fourth-order valence-corrected chi connectivity index (χ4v) is 5.01. The summed E-state index contributed by atoms with van der Waals surface area (Å²) in [5.41, 5.74) is 1.95. The molecule has 6 nitrogen and oxygen atoms in total. The number of sulfonamides is 1. The van der Waals surface area contributed by atoms with Gasteiger partial charge in [0.05, 0.1) is 16.2 Å². The van der Waals surface area contributed by atoms with E-state index >= 15 is 0 Å². The molecule has 2 aromatic rings. The van der Waals surface area contributed by atoms with E-state index in [0.717, 1.165) is 19.0 Å². The lowest BCUT2D eigenvalue weighted by molar-refractivity contribution is 0.553. The van der Waals surface area contributed by atoms with Gasteiger partial charge < -0.3 is 10.2 Å². The molecule has 10 heteroatoms. The zero-order valence-corrected chi connectivity index (χ0v) is 16.1. The van der Waals surface area contributed by atoms with Gasteiger partial charge in [0.25, 0.3) is 10.0 Å². The van der Waals surface area contributed by atoms with Crippen molar-refractivity contribution in [3.05, 3.63) is 33.9 Å². The molecule has 1 unspecified atom stereocenters. The van der Waals surface area contributed by atoms with Crippen LogP contribution in [0.3, 0.4) is 0 Å². The molecule has 1 aliphatic heterocycles. The summed E-state index contributed by atoms with van der Waals surface area (Å²) in [7, 11) is -2.27. The third-order valence-corrected chi connectivity index (χ3v) is 6.58. The van der Waals surface area contributed by atoms with E-state index in [-0.39, 0.29) is 22.9 Å². The highest BCUT2D eigenvalue weighted by molar-refractivity contribution is 7.92. The average Bonchev–Trinajstić information content (AvgIpc) is 3.19. The van der Waals surface area contributed by atoms with E-state index < -0.39 is 20.7 Å². The van der Waals surface area contributed by atoms with E-state index in [1.54, 1.807) is 0 Å². The van der Waals surface area contributed by atoms with Gasteiger partial charge in [-0.2, -0.15) is 0 Å². The molecule has 1 fully saturated rings. The lowest BCUT2D eigenvalue weighted by atomic mass is 10.1. The van der Waals surface area contributed by atoms with E-state index in [9.17, 15) is 12.8 Å². The zero-order valence-electron chi connectivity index (χ0n) is 13.7. The molecular formula is C15H18ClFN4O2S2. The number of hydrogen-bond acceptors (Lipinski definition) is 6. The second-order valence-electron chi connectivity index (χ2n) is 5.92. The highest BCUT2D eigenvalue weighted by Gasteiger charge is 2.29.